The predicted molar refractivity (Wildman–Crippen MR) is 127 cm³/mol. The Morgan fingerprint density at radius 2 is 1.78 bits per heavy atom. The summed E-state index contributed by atoms with van der Waals surface area (Å²) in [7, 11) is 0. The molecule has 1 unspecified atom stereocenters. The van der Waals surface area contributed by atoms with E-state index in [0.29, 0.717) is 46.3 Å². The van der Waals surface area contributed by atoms with Crippen molar-refractivity contribution in [2.24, 2.45) is 5.92 Å². The molecule has 0 aliphatic carbocycles. The van der Waals surface area contributed by atoms with Gasteiger partial charge in [-0.05, 0) is 71.1 Å². The van der Waals surface area contributed by atoms with Crippen molar-refractivity contribution in [3.8, 4) is 5.88 Å². The second-order valence-electron chi connectivity index (χ2n) is 9.02. The summed E-state index contributed by atoms with van der Waals surface area (Å²) in [5, 5.41) is 16.3. The van der Waals surface area contributed by atoms with Gasteiger partial charge in [-0.25, -0.2) is 4.68 Å². The molecule has 0 amide bonds. The molecule has 7 heteroatoms. The summed E-state index contributed by atoms with van der Waals surface area (Å²) in [6.45, 7) is 18.0. The average molecular weight is 442 g/mol. The summed E-state index contributed by atoms with van der Waals surface area (Å²) in [5.41, 5.74) is 4.28. The molecular weight excluding hydrogens is 406 g/mol. The fourth-order valence-corrected chi connectivity index (χ4v) is 3.64. The van der Waals surface area contributed by atoms with E-state index in [2.05, 4.69) is 18.9 Å². The van der Waals surface area contributed by atoms with Crippen LogP contribution in [0.1, 0.15) is 87.6 Å². The van der Waals surface area contributed by atoms with Gasteiger partial charge < -0.3 is 4.74 Å². The number of rotatable bonds is 9. The highest BCUT2D eigenvalue weighted by Gasteiger charge is 2.29. The van der Waals surface area contributed by atoms with E-state index in [0.717, 1.165) is 17.6 Å². The molecule has 0 aliphatic heterocycles. The fraction of sp³-hybridized carbons (Fsp3) is 0.520. The highest BCUT2D eigenvalue weighted by molar-refractivity contribution is 6.13. The van der Waals surface area contributed by atoms with Gasteiger partial charge in [-0.1, -0.05) is 26.3 Å². The summed E-state index contributed by atoms with van der Waals surface area (Å²) in [5.74, 6) is 0.560. The lowest BCUT2D eigenvalue weighted by Crippen LogP contribution is -2.17. The number of carbonyl (C=O) groups excluding carboxylic acids is 1. The van der Waals surface area contributed by atoms with Crippen LogP contribution in [0.25, 0.3) is 5.57 Å². The van der Waals surface area contributed by atoms with Crippen molar-refractivity contribution in [1.29, 1.82) is 0 Å². The molecule has 1 atom stereocenters. The van der Waals surface area contributed by atoms with E-state index in [1.807, 2.05) is 34.6 Å². The Hall–Kier alpha value is -2.96. The van der Waals surface area contributed by atoms with Crippen LogP contribution in [0.4, 0.5) is 5.69 Å². The van der Waals surface area contributed by atoms with E-state index in [9.17, 15) is 14.9 Å². The van der Waals surface area contributed by atoms with Crippen LogP contribution in [-0.2, 0) is 6.54 Å². The zero-order valence-corrected chi connectivity index (χ0v) is 20.7. The number of nitrogens with zero attached hydrogens (tertiary/aromatic N) is 3. The molecular formula is C25H35N3O4. The lowest BCUT2D eigenvalue weighted by atomic mass is 9.90. The van der Waals surface area contributed by atoms with Gasteiger partial charge in [0.15, 0.2) is 0 Å². The van der Waals surface area contributed by atoms with Crippen LogP contribution in [0.2, 0.25) is 0 Å². The zero-order chi connectivity index (χ0) is 24.3. The van der Waals surface area contributed by atoms with E-state index in [4.69, 9.17) is 4.74 Å². The van der Waals surface area contributed by atoms with Gasteiger partial charge in [-0.2, -0.15) is 5.10 Å². The highest BCUT2D eigenvalue weighted by Crippen LogP contribution is 2.35. The van der Waals surface area contributed by atoms with Crippen molar-refractivity contribution >= 4 is 17.0 Å². The van der Waals surface area contributed by atoms with Crippen molar-refractivity contribution in [3.63, 3.8) is 0 Å². The van der Waals surface area contributed by atoms with Gasteiger partial charge in [-0.15, -0.1) is 0 Å². The minimum atomic E-state index is -0.396. The number of allylic oxidation sites excluding steroid dienone is 2. The molecule has 2 aromatic rings. The van der Waals surface area contributed by atoms with Gasteiger partial charge in [0.05, 0.1) is 22.3 Å². The summed E-state index contributed by atoms with van der Waals surface area (Å²) in [6, 6.07) is 2.97. The summed E-state index contributed by atoms with van der Waals surface area (Å²) >= 11 is 0. The van der Waals surface area contributed by atoms with Crippen LogP contribution in [-0.4, -0.2) is 26.6 Å². The van der Waals surface area contributed by atoms with Crippen molar-refractivity contribution in [2.75, 3.05) is 0 Å². The number of ketones is 1. The third kappa shape index (κ3) is 5.09. The number of aromatic nitrogens is 2. The Morgan fingerprint density at radius 1 is 1.16 bits per heavy atom. The highest BCUT2D eigenvalue weighted by atomic mass is 16.6. The Labute approximate surface area is 190 Å². The van der Waals surface area contributed by atoms with Crippen LogP contribution < -0.4 is 4.74 Å². The van der Waals surface area contributed by atoms with Crippen molar-refractivity contribution in [2.45, 2.75) is 81.4 Å². The third-order valence-corrected chi connectivity index (χ3v) is 5.74. The van der Waals surface area contributed by atoms with E-state index in [-0.39, 0.29) is 17.6 Å². The quantitative estimate of drug-likeness (QED) is 0.259. The predicted octanol–water partition coefficient (Wildman–Crippen LogP) is 6.29. The number of aryl methyl sites for hydroxylation is 1. The average Bonchev–Trinajstić information content (AvgIpc) is 3.00. The van der Waals surface area contributed by atoms with E-state index in [1.54, 1.807) is 24.6 Å². The Morgan fingerprint density at radius 3 is 2.28 bits per heavy atom. The molecule has 0 saturated heterocycles. The first-order valence-corrected chi connectivity index (χ1v) is 11.1. The Kier molecular flexibility index (Phi) is 7.99. The standard InChI is InChI=1S/C25H35N3O4/c1-10-16(6)32-25-23(19(9)26-27(25)13-14(2)3)24(29)20-11-12-21(28(30)31)22(18(20)8)17(7)15(4)5/h11-12,14,16H,10,13H2,1-9H3. The smallest absolute Gasteiger partial charge is 0.277 e. The van der Waals surface area contributed by atoms with Crippen molar-refractivity contribution < 1.29 is 14.5 Å². The molecule has 0 saturated carbocycles. The topological polar surface area (TPSA) is 87.3 Å². The minimum absolute atomic E-state index is 0.000976. The largest absolute Gasteiger partial charge is 0.474 e. The lowest BCUT2D eigenvalue weighted by Gasteiger charge is -2.17. The Bertz CT molecular complexity index is 1060. The van der Waals surface area contributed by atoms with Gasteiger partial charge in [-0.3, -0.25) is 14.9 Å². The molecule has 2 rings (SSSR count). The van der Waals surface area contributed by atoms with Crippen LogP contribution >= 0.6 is 0 Å². The number of benzene rings is 1. The zero-order valence-electron chi connectivity index (χ0n) is 20.7. The van der Waals surface area contributed by atoms with Crippen LogP contribution in [0, 0.1) is 29.9 Å². The maximum absolute atomic E-state index is 13.8. The van der Waals surface area contributed by atoms with E-state index < -0.39 is 4.92 Å². The molecule has 32 heavy (non-hydrogen) atoms. The molecule has 1 aromatic carbocycles. The second kappa shape index (κ2) is 10.1. The maximum Gasteiger partial charge on any atom is 0.277 e. The third-order valence-electron chi connectivity index (χ3n) is 5.74. The number of hydrogen-bond donors (Lipinski definition) is 0. The van der Waals surface area contributed by atoms with Crippen molar-refractivity contribution in [3.05, 3.63) is 55.8 Å². The monoisotopic (exact) mass is 441 g/mol. The minimum Gasteiger partial charge on any atom is -0.474 e. The van der Waals surface area contributed by atoms with Gasteiger partial charge in [0.2, 0.25) is 11.7 Å². The second-order valence-corrected chi connectivity index (χ2v) is 9.02. The molecule has 0 fully saturated rings. The normalized spacial score (nSPS) is 12.1. The van der Waals surface area contributed by atoms with Gasteiger partial charge >= 0.3 is 0 Å². The van der Waals surface area contributed by atoms with Crippen molar-refractivity contribution in [1.82, 2.24) is 9.78 Å². The number of carbonyl (C=O) groups is 1. The first-order chi connectivity index (χ1) is 14.9. The fourth-order valence-electron chi connectivity index (χ4n) is 3.64. The summed E-state index contributed by atoms with van der Waals surface area (Å²) in [4.78, 5) is 25.1. The van der Waals surface area contributed by atoms with E-state index >= 15 is 0 Å². The van der Waals surface area contributed by atoms with Gasteiger partial charge in [0, 0.05) is 18.2 Å². The van der Waals surface area contributed by atoms with E-state index in [1.165, 1.54) is 6.07 Å². The molecule has 174 valence electrons. The first kappa shape index (κ1) is 25.3. The van der Waals surface area contributed by atoms with Crippen LogP contribution in [0.5, 0.6) is 5.88 Å². The SMILES string of the molecule is CCC(C)Oc1c(C(=O)c2ccc([N+](=O)[O-])c(C(C)=C(C)C)c2C)c(C)nn1CC(C)C. The molecule has 0 bridgehead atoms. The number of nitro benzene ring substituents is 1. The summed E-state index contributed by atoms with van der Waals surface area (Å²) < 4.78 is 7.94. The molecule has 0 aliphatic rings. The summed E-state index contributed by atoms with van der Waals surface area (Å²) in [6.07, 6.45) is 0.713. The molecule has 0 radical (unpaired) electrons. The number of nitro groups is 1. The molecule has 7 nitrogen and oxygen atoms in total. The van der Waals surface area contributed by atoms with Crippen LogP contribution in [0.3, 0.4) is 0 Å². The molecule has 1 aromatic heterocycles. The maximum atomic E-state index is 13.8. The first-order valence-electron chi connectivity index (χ1n) is 11.1. The number of hydrogen-bond acceptors (Lipinski definition) is 5. The number of ether oxygens (including phenoxy) is 1. The lowest BCUT2D eigenvalue weighted by molar-refractivity contribution is -0.385. The van der Waals surface area contributed by atoms with Gasteiger partial charge in [0.1, 0.15) is 5.56 Å². The van der Waals surface area contributed by atoms with Crippen LogP contribution in [0.15, 0.2) is 17.7 Å². The Balaban J connectivity index is 2.75. The molecule has 0 spiro atoms. The molecule has 0 N–H and O–H groups in total. The molecule has 1 heterocycles. The van der Waals surface area contributed by atoms with Gasteiger partial charge in [0.25, 0.3) is 5.69 Å².